The lowest BCUT2D eigenvalue weighted by atomic mass is 10.0. The number of rotatable bonds is 8. The van der Waals surface area contributed by atoms with Crippen LogP contribution < -0.4 is 10.6 Å². The van der Waals surface area contributed by atoms with Gasteiger partial charge in [0.25, 0.3) is 0 Å². The Morgan fingerprint density at radius 3 is 2.62 bits per heavy atom. The molecule has 3 nitrogen and oxygen atoms in total. The topological polar surface area (TPSA) is 41.1 Å². The largest absolute Gasteiger partial charge is 0.355 e. The lowest BCUT2D eigenvalue weighted by Crippen LogP contribution is -2.32. The summed E-state index contributed by atoms with van der Waals surface area (Å²) < 4.78 is 0. The summed E-state index contributed by atoms with van der Waals surface area (Å²) in [4.78, 5) is 11.5. The van der Waals surface area contributed by atoms with Crippen molar-refractivity contribution in [3.63, 3.8) is 0 Å². The van der Waals surface area contributed by atoms with Crippen molar-refractivity contribution in [2.75, 3.05) is 19.6 Å². The van der Waals surface area contributed by atoms with Gasteiger partial charge in [0, 0.05) is 19.5 Å². The molecule has 0 atom stereocenters. The third-order valence-electron chi connectivity index (χ3n) is 3.31. The Bertz CT molecular complexity index is 188. The number of carbonyl (C=O) groups is 1. The Balaban J connectivity index is 1.90. The molecule has 0 bridgehead atoms. The van der Waals surface area contributed by atoms with Gasteiger partial charge in [-0.2, -0.15) is 0 Å². The molecular formula is C13H26N2O. The molecular weight excluding hydrogens is 200 g/mol. The molecule has 1 rings (SSSR count). The third kappa shape index (κ3) is 6.11. The second kappa shape index (κ2) is 8.57. The summed E-state index contributed by atoms with van der Waals surface area (Å²) in [7, 11) is 0. The van der Waals surface area contributed by atoms with Gasteiger partial charge < -0.3 is 10.6 Å². The molecule has 0 spiro atoms. The monoisotopic (exact) mass is 226 g/mol. The molecule has 1 saturated carbocycles. The van der Waals surface area contributed by atoms with Crippen LogP contribution >= 0.6 is 0 Å². The first-order valence-electron chi connectivity index (χ1n) is 6.80. The highest BCUT2D eigenvalue weighted by atomic mass is 16.1. The molecule has 1 aliphatic rings. The fourth-order valence-corrected chi connectivity index (χ4v) is 2.31. The normalized spacial score (nSPS) is 16.6. The molecule has 0 heterocycles. The number of carbonyl (C=O) groups excluding carboxylic acids is 1. The molecule has 16 heavy (non-hydrogen) atoms. The quantitative estimate of drug-likeness (QED) is 0.622. The molecule has 0 unspecified atom stereocenters. The van der Waals surface area contributed by atoms with Crippen LogP contribution in [0.1, 0.15) is 51.9 Å². The SMILES string of the molecule is CCCNCCNC(=O)CCC1CCCC1. The van der Waals surface area contributed by atoms with Crippen LogP contribution in [-0.2, 0) is 4.79 Å². The summed E-state index contributed by atoms with van der Waals surface area (Å²) in [5.41, 5.74) is 0. The maximum atomic E-state index is 11.5. The second-order valence-corrected chi connectivity index (χ2v) is 4.79. The average Bonchev–Trinajstić information content (AvgIpc) is 2.79. The van der Waals surface area contributed by atoms with Crippen molar-refractivity contribution in [2.24, 2.45) is 5.92 Å². The van der Waals surface area contributed by atoms with Crippen molar-refractivity contribution >= 4 is 5.91 Å². The molecule has 0 aliphatic heterocycles. The van der Waals surface area contributed by atoms with E-state index in [9.17, 15) is 4.79 Å². The predicted molar refractivity (Wildman–Crippen MR) is 67.4 cm³/mol. The van der Waals surface area contributed by atoms with Gasteiger partial charge in [-0.3, -0.25) is 4.79 Å². The van der Waals surface area contributed by atoms with E-state index < -0.39 is 0 Å². The Labute approximate surface area is 99.4 Å². The average molecular weight is 226 g/mol. The maximum absolute atomic E-state index is 11.5. The lowest BCUT2D eigenvalue weighted by molar-refractivity contribution is -0.121. The van der Waals surface area contributed by atoms with Gasteiger partial charge >= 0.3 is 0 Å². The van der Waals surface area contributed by atoms with Crippen molar-refractivity contribution in [2.45, 2.75) is 51.9 Å². The number of amides is 1. The fourth-order valence-electron chi connectivity index (χ4n) is 2.31. The van der Waals surface area contributed by atoms with Gasteiger partial charge in [-0.1, -0.05) is 32.6 Å². The van der Waals surface area contributed by atoms with Crippen LogP contribution in [0.2, 0.25) is 0 Å². The van der Waals surface area contributed by atoms with Gasteiger partial charge in [-0.25, -0.2) is 0 Å². The summed E-state index contributed by atoms with van der Waals surface area (Å²) in [6.45, 7) is 4.84. The van der Waals surface area contributed by atoms with Crippen LogP contribution in [0.3, 0.4) is 0 Å². The number of hydrogen-bond acceptors (Lipinski definition) is 2. The Hall–Kier alpha value is -0.570. The molecule has 1 aliphatic carbocycles. The first-order chi connectivity index (χ1) is 7.83. The Kier molecular flexibility index (Phi) is 7.23. The minimum absolute atomic E-state index is 0.227. The predicted octanol–water partition coefficient (Wildman–Crippen LogP) is 2.07. The minimum atomic E-state index is 0.227. The molecule has 94 valence electrons. The van der Waals surface area contributed by atoms with Crippen molar-refractivity contribution in [3.05, 3.63) is 0 Å². The highest BCUT2D eigenvalue weighted by Gasteiger charge is 2.15. The maximum Gasteiger partial charge on any atom is 0.220 e. The van der Waals surface area contributed by atoms with Crippen molar-refractivity contribution in [1.82, 2.24) is 10.6 Å². The van der Waals surface area contributed by atoms with Crippen LogP contribution in [0.15, 0.2) is 0 Å². The highest BCUT2D eigenvalue weighted by Crippen LogP contribution is 2.28. The van der Waals surface area contributed by atoms with Crippen LogP contribution in [0.4, 0.5) is 0 Å². The highest BCUT2D eigenvalue weighted by molar-refractivity contribution is 5.75. The van der Waals surface area contributed by atoms with Crippen LogP contribution in [0, 0.1) is 5.92 Å². The van der Waals surface area contributed by atoms with E-state index in [-0.39, 0.29) is 5.91 Å². The Morgan fingerprint density at radius 1 is 1.19 bits per heavy atom. The van der Waals surface area contributed by atoms with Crippen LogP contribution in [-0.4, -0.2) is 25.5 Å². The summed E-state index contributed by atoms with van der Waals surface area (Å²) in [5.74, 6) is 1.05. The van der Waals surface area contributed by atoms with E-state index in [1.807, 2.05) is 0 Å². The van der Waals surface area contributed by atoms with E-state index in [2.05, 4.69) is 17.6 Å². The van der Waals surface area contributed by atoms with Gasteiger partial charge in [0.15, 0.2) is 0 Å². The van der Waals surface area contributed by atoms with Gasteiger partial charge in [0.2, 0.25) is 5.91 Å². The molecule has 2 N–H and O–H groups in total. The minimum Gasteiger partial charge on any atom is -0.355 e. The van der Waals surface area contributed by atoms with Gasteiger partial charge in [-0.05, 0) is 25.3 Å². The third-order valence-corrected chi connectivity index (χ3v) is 3.31. The van der Waals surface area contributed by atoms with Gasteiger partial charge in [0.05, 0.1) is 0 Å². The summed E-state index contributed by atoms with van der Waals surface area (Å²) >= 11 is 0. The molecule has 0 saturated heterocycles. The van der Waals surface area contributed by atoms with E-state index in [1.165, 1.54) is 25.7 Å². The standard InChI is InChI=1S/C13H26N2O/c1-2-9-14-10-11-15-13(16)8-7-12-5-3-4-6-12/h12,14H,2-11H2,1H3,(H,15,16). The van der Waals surface area contributed by atoms with E-state index in [0.29, 0.717) is 0 Å². The molecule has 1 fully saturated rings. The van der Waals surface area contributed by atoms with E-state index in [1.54, 1.807) is 0 Å². The first kappa shape index (κ1) is 13.5. The molecule has 3 heteroatoms. The summed E-state index contributed by atoms with van der Waals surface area (Å²) in [6.07, 6.45) is 8.37. The molecule has 0 aromatic heterocycles. The molecule has 1 amide bonds. The van der Waals surface area contributed by atoms with E-state index >= 15 is 0 Å². The lowest BCUT2D eigenvalue weighted by Gasteiger charge is -2.09. The molecule has 0 aromatic carbocycles. The van der Waals surface area contributed by atoms with Crippen molar-refractivity contribution in [3.8, 4) is 0 Å². The number of nitrogens with one attached hydrogen (secondary N) is 2. The summed E-state index contributed by atoms with van der Waals surface area (Å²) in [6, 6.07) is 0. The van der Waals surface area contributed by atoms with Gasteiger partial charge in [0.1, 0.15) is 0 Å². The zero-order chi connectivity index (χ0) is 11.6. The fraction of sp³-hybridized carbons (Fsp3) is 0.923. The van der Waals surface area contributed by atoms with Crippen molar-refractivity contribution in [1.29, 1.82) is 0 Å². The first-order valence-corrected chi connectivity index (χ1v) is 6.80. The van der Waals surface area contributed by atoms with E-state index in [4.69, 9.17) is 0 Å². The second-order valence-electron chi connectivity index (χ2n) is 4.79. The zero-order valence-corrected chi connectivity index (χ0v) is 10.6. The summed E-state index contributed by atoms with van der Waals surface area (Å²) in [5, 5.41) is 6.24. The van der Waals surface area contributed by atoms with E-state index in [0.717, 1.165) is 44.8 Å². The molecule has 0 aromatic rings. The van der Waals surface area contributed by atoms with Crippen LogP contribution in [0.5, 0.6) is 0 Å². The van der Waals surface area contributed by atoms with Crippen molar-refractivity contribution < 1.29 is 4.79 Å². The Morgan fingerprint density at radius 2 is 1.94 bits per heavy atom. The smallest absolute Gasteiger partial charge is 0.220 e. The zero-order valence-electron chi connectivity index (χ0n) is 10.6. The van der Waals surface area contributed by atoms with Crippen LogP contribution in [0.25, 0.3) is 0 Å². The van der Waals surface area contributed by atoms with Gasteiger partial charge in [-0.15, -0.1) is 0 Å². The molecule has 0 radical (unpaired) electrons. The number of hydrogen-bond donors (Lipinski definition) is 2.